The minimum absolute atomic E-state index is 0.227. The van der Waals surface area contributed by atoms with E-state index in [4.69, 9.17) is 19.4 Å². The van der Waals surface area contributed by atoms with Gasteiger partial charge < -0.3 is 20.3 Å². The van der Waals surface area contributed by atoms with E-state index in [2.05, 4.69) is 10.6 Å². The molecule has 1 rings (SSSR count). The Bertz CT molecular complexity index is 356. The van der Waals surface area contributed by atoms with E-state index in [1.165, 1.54) is 6.92 Å². The van der Waals surface area contributed by atoms with Crippen molar-refractivity contribution >= 4 is 18.0 Å². The summed E-state index contributed by atoms with van der Waals surface area (Å²) in [5.41, 5.74) is 0. The molecule has 4 atom stereocenters. The summed E-state index contributed by atoms with van der Waals surface area (Å²) >= 11 is 0. The fourth-order valence-electron chi connectivity index (χ4n) is 1.86. The number of nitrogens with one attached hydrogen (secondary N) is 2. The average molecular weight is 290 g/mol. The van der Waals surface area contributed by atoms with Crippen LogP contribution in [-0.2, 0) is 23.9 Å². The first-order chi connectivity index (χ1) is 9.31. The molecule has 1 aliphatic heterocycles. The normalized spacial score (nSPS) is 28.6. The van der Waals surface area contributed by atoms with Gasteiger partial charge >= 0.3 is 12.1 Å². The van der Waals surface area contributed by atoms with Crippen LogP contribution < -0.4 is 10.6 Å². The van der Waals surface area contributed by atoms with E-state index in [1.807, 2.05) is 0 Å². The number of amides is 1. The van der Waals surface area contributed by atoms with E-state index in [9.17, 15) is 14.7 Å². The molecule has 1 amide bonds. The number of aliphatic carboxylic acids is 1. The maximum Gasteiger partial charge on any atom is 0.373 e. The fourth-order valence-corrected chi connectivity index (χ4v) is 1.86. The van der Waals surface area contributed by atoms with Gasteiger partial charge in [-0.15, -0.1) is 0 Å². The Morgan fingerprint density at radius 3 is 2.35 bits per heavy atom. The zero-order chi connectivity index (χ0) is 15.7. The second kappa shape index (κ2) is 9.16. The monoisotopic (exact) mass is 290 g/mol. The van der Waals surface area contributed by atoms with Gasteiger partial charge in [0.25, 0.3) is 0 Å². The van der Waals surface area contributed by atoms with E-state index in [-0.39, 0.29) is 31.1 Å². The van der Waals surface area contributed by atoms with Crippen LogP contribution in [0.2, 0.25) is 0 Å². The third kappa shape index (κ3) is 6.95. The highest BCUT2D eigenvalue weighted by atomic mass is 16.5. The van der Waals surface area contributed by atoms with Gasteiger partial charge in [-0.05, 0) is 6.92 Å². The molecule has 20 heavy (non-hydrogen) atoms. The fraction of sp³-hybridized carbons (Fsp3) is 0.727. The number of carboxylic acid groups (broad SMARTS) is 1. The van der Waals surface area contributed by atoms with Gasteiger partial charge in [0.05, 0.1) is 24.8 Å². The summed E-state index contributed by atoms with van der Waals surface area (Å²) in [4.78, 5) is 37.6. The Morgan fingerprint density at radius 2 is 1.95 bits per heavy atom. The van der Waals surface area contributed by atoms with Gasteiger partial charge in [-0.2, -0.15) is 9.59 Å². The zero-order valence-corrected chi connectivity index (χ0v) is 11.2. The number of hydrogen-bond donors (Lipinski definition) is 4. The Balaban J connectivity index is 0.00000110. The Hall–Kier alpha value is -1.80. The van der Waals surface area contributed by atoms with Crippen LogP contribution in [0.5, 0.6) is 0 Å². The highest BCUT2D eigenvalue weighted by Crippen LogP contribution is 2.18. The molecule has 4 unspecified atom stereocenters. The summed E-state index contributed by atoms with van der Waals surface area (Å²) in [5.74, 6) is -1.22. The van der Waals surface area contributed by atoms with Crippen molar-refractivity contribution in [2.75, 3.05) is 6.54 Å². The number of carbonyl (C=O) groups excluding carboxylic acids is 3. The lowest BCUT2D eigenvalue weighted by Crippen LogP contribution is -2.58. The minimum Gasteiger partial charge on any atom is -0.480 e. The van der Waals surface area contributed by atoms with Crippen LogP contribution >= 0.6 is 0 Å². The number of rotatable bonds is 4. The third-order valence-electron chi connectivity index (χ3n) is 2.61. The SMILES string of the molecule is CC(=O)NC1C(O)CC(NCC(=O)O)OC1C.O=C=O. The highest BCUT2D eigenvalue weighted by Gasteiger charge is 2.35. The largest absolute Gasteiger partial charge is 0.480 e. The maximum absolute atomic E-state index is 10.9. The van der Waals surface area contributed by atoms with E-state index in [0.29, 0.717) is 0 Å². The van der Waals surface area contributed by atoms with Gasteiger partial charge in [0.15, 0.2) is 0 Å². The molecule has 9 nitrogen and oxygen atoms in total. The smallest absolute Gasteiger partial charge is 0.373 e. The quantitative estimate of drug-likeness (QED) is 0.469. The van der Waals surface area contributed by atoms with Gasteiger partial charge in [-0.3, -0.25) is 14.9 Å². The molecule has 0 aromatic rings. The first-order valence-electron chi connectivity index (χ1n) is 5.86. The number of carboxylic acids is 1. The van der Waals surface area contributed by atoms with Crippen LogP contribution in [0.1, 0.15) is 20.3 Å². The number of hydrogen-bond acceptors (Lipinski definition) is 7. The van der Waals surface area contributed by atoms with Crippen LogP contribution in [0.25, 0.3) is 0 Å². The van der Waals surface area contributed by atoms with Gasteiger partial charge in [0, 0.05) is 13.3 Å². The lowest BCUT2D eigenvalue weighted by Gasteiger charge is -2.38. The summed E-state index contributed by atoms with van der Waals surface area (Å²) in [6.07, 6.45) is -1.16. The molecule has 114 valence electrons. The van der Waals surface area contributed by atoms with E-state index >= 15 is 0 Å². The van der Waals surface area contributed by atoms with Crippen LogP contribution in [0.3, 0.4) is 0 Å². The molecule has 1 fully saturated rings. The first-order valence-corrected chi connectivity index (χ1v) is 5.86. The van der Waals surface area contributed by atoms with Crippen LogP contribution in [0, 0.1) is 0 Å². The van der Waals surface area contributed by atoms with Gasteiger partial charge in [-0.1, -0.05) is 0 Å². The molecule has 0 bridgehead atoms. The van der Waals surface area contributed by atoms with Crippen molar-refractivity contribution in [1.29, 1.82) is 0 Å². The van der Waals surface area contributed by atoms with Crippen molar-refractivity contribution < 1.29 is 34.1 Å². The van der Waals surface area contributed by atoms with E-state index in [0.717, 1.165) is 0 Å². The summed E-state index contributed by atoms with van der Waals surface area (Å²) in [5, 5.41) is 23.6. The van der Waals surface area contributed by atoms with Crippen LogP contribution in [0.4, 0.5) is 0 Å². The second-order valence-electron chi connectivity index (χ2n) is 4.22. The molecule has 9 heteroatoms. The number of aliphatic hydroxyl groups is 1. The van der Waals surface area contributed by atoms with Crippen molar-refractivity contribution in [1.82, 2.24) is 10.6 Å². The minimum atomic E-state index is -0.986. The molecule has 1 heterocycles. The lowest BCUT2D eigenvalue weighted by molar-refractivity contribution is -0.191. The number of aliphatic hydroxyl groups excluding tert-OH is 1. The van der Waals surface area contributed by atoms with E-state index in [1.54, 1.807) is 6.92 Å². The van der Waals surface area contributed by atoms with Crippen molar-refractivity contribution in [2.24, 2.45) is 0 Å². The van der Waals surface area contributed by atoms with Gasteiger partial charge in [0.1, 0.15) is 6.23 Å². The zero-order valence-electron chi connectivity index (χ0n) is 11.2. The van der Waals surface area contributed by atoms with Crippen molar-refractivity contribution in [3.05, 3.63) is 0 Å². The molecular weight excluding hydrogens is 272 g/mol. The molecule has 4 N–H and O–H groups in total. The molecule has 0 saturated carbocycles. The standard InChI is InChI=1S/C10H18N2O5.CO2/c1-5-10(12-6(2)13)7(14)3-8(17-5)11-4-9(15)16;2-1-3/h5,7-8,10-11,14H,3-4H2,1-2H3,(H,12,13)(H,15,16);. The second-order valence-corrected chi connectivity index (χ2v) is 4.22. The Kier molecular flexibility index (Phi) is 8.33. The predicted molar refractivity (Wildman–Crippen MR) is 63.2 cm³/mol. The lowest BCUT2D eigenvalue weighted by atomic mass is 9.98. The van der Waals surface area contributed by atoms with Crippen molar-refractivity contribution in [3.8, 4) is 0 Å². The Labute approximate surface area is 115 Å². The van der Waals surface area contributed by atoms with Crippen LogP contribution in [-0.4, -0.2) is 59.3 Å². The predicted octanol–water partition coefficient (Wildman–Crippen LogP) is -1.92. The van der Waals surface area contributed by atoms with Gasteiger partial charge in [0.2, 0.25) is 5.91 Å². The number of ether oxygens (including phenoxy) is 1. The summed E-state index contributed by atoms with van der Waals surface area (Å²) in [6, 6.07) is -0.463. The first kappa shape index (κ1) is 18.2. The molecule has 0 aliphatic carbocycles. The molecule has 0 radical (unpaired) electrons. The van der Waals surface area contributed by atoms with Crippen LogP contribution in [0.15, 0.2) is 0 Å². The summed E-state index contributed by atoms with van der Waals surface area (Å²) in [6.45, 7) is 2.86. The molecule has 0 spiro atoms. The maximum atomic E-state index is 10.9. The van der Waals surface area contributed by atoms with Gasteiger partial charge in [-0.25, -0.2) is 0 Å². The third-order valence-corrected chi connectivity index (χ3v) is 2.61. The average Bonchev–Trinajstić information content (AvgIpc) is 2.32. The van der Waals surface area contributed by atoms with E-state index < -0.39 is 24.3 Å². The molecule has 1 aliphatic rings. The summed E-state index contributed by atoms with van der Waals surface area (Å²) in [7, 11) is 0. The Morgan fingerprint density at radius 1 is 1.40 bits per heavy atom. The van der Waals surface area contributed by atoms with Crippen molar-refractivity contribution in [3.63, 3.8) is 0 Å². The highest BCUT2D eigenvalue weighted by molar-refractivity contribution is 5.73. The topological polar surface area (TPSA) is 142 Å². The molecule has 0 aromatic carbocycles. The summed E-state index contributed by atoms with van der Waals surface area (Å²) < 4.78 is 5.47. The molecule has 0 aromatic heterocycles. The number of carbonyl (C=O) groups is 2. The van der Waals surface area contributed by atoms with Crippen molar-refractivity contribution in [2.45, 2.75) is 44.7 Å². The molecule has 1 saturated heterocycles. The molecular formula is C11H18N2O7.